The van der Waals surface area contributed by atoms with Crippen LogP contribution in [0.3, 0.4) is 0 Å². The molecule has 0 saturated carbocycles. The second-order valence-electron chi connectivity index (χ2n) is 7.23. The lowest BCUT2D eigenvalue weighted by Crippen LogP contribution is -2.19. The van der Waals surface area contributed by atoms with Crippen molar-refractivity contribution in [3.8, 4) is 11.4 Å². The Morgan fingerprint density at radius 2 is 2.04 bits per heavy atom. The van der Waals surface area contributed by atoms with Gasteiger partial charge in [0.2, 0.25) is 0 Å². The molecule has 1 saturated heterocycles. The van der Waals surface area contributed by atoms with Crippen molar-refractivity contribution >= 4 is 0 Å². The molecule has 0 radical (unpaired) electrons. The minimum atomic E-state index is -0.122. The maximum atomic E-state index is 12.3. The monoisotopic (exact) mass is 376 g/mol. The molecule has 1 aromatic carbocycles. The van der Waals surface area contributed by atoms with E-state index in [2.05, 4.69) is 28.0 Å². The van der Waals surface area contributed by atoms with Crippen LogP contribution < -0.4 is 5.56 Å². The Morgan fingerprint density at radius 1 is 1.18 bits per heavy atom. The summed E-state index contributed by atoms with van der Waals surface area (Å²) in [6, 6.07) is 15.6. The third-order valence-electron chi connectivity index (χ3n) is 4.98. The minimum Gasteiger partial charge on any atom is -0.381 e. The summed E-state index contributed by atoms with van der Waals surface area (Å²) in [6.07, 6.45) is 2.72. The van der Waals surface area contributed by atoms with E-state index in [9.17, 15) is 4.79 Å². The van der Waals surface area contributed by atoms with Crippen molar-refractivity contribution in [1.82, 2.24) is 19.9 Å². The van der Waals surface area contributed by atoms with Crippen LogP contribution in [0.15, 0.2) is 59.5 Å². The average molecular weight is 376 g/mol. The molecule has 1 aliphatic heterocycles. The van der Waals surface area contributed by atoms with Crippen LogP contribution in [0.1, 0.15) is 29.3 Å². The molecule has 0 amide bonds. The smallest absolute Gasteiger partial charge is 0.251 e. The number of hydrogen-bond acceptors (Lipinski definition) is 5. The number of ether oxygens (including phenoxy) is 1. The van der Waals surface area contributed by atoms with E-state index in [0.29, 0.717) is 12.4 Å². The van der Waals surface area contributed by atoms with Gasteiger partial charge in [-0.05, 0) is 31.2 Å². The quantitative estimate of drug-likeness (QED) is 0.716. The van der Waals surface area contributed by atoms with E-state index in [1.807, 2.05) is 42.6 Å². The van der Waals surface area contributed by atoms with Crippen molar-refractivity contribution in [2.75, 3.05) is 20.3 Å². The van der Waals surface area contributed by atoms with Gasteiger partial charge in [0.15, 0.2) is 0 Å². The van der Waals surface area contributed by atoms with Crippen LogP contribution in [0, 0.1) is 0 Å². The van der Waals surface area contributed by atoms with E-state index in [1.165, 1.54) is 0 Å². The summed E-state index contributed by atoms with van der Waals surface area (Å²) in [4.78, 5) is 26.5. The molecule has 1 aliphatic rings. The predicted molar refractivity (Wildman–Crippen MR) is 108 cm³/mol. The summed E-state index contributed by atoms with van der Waals surface area (Å²) in [5.74, 6) is 0.816. The van der Waals surface area contributed by atoms with Gasteiger partial charge in [0.05, 0.1) is 18.0 Å². The lowest BCUT2D eigenvalue weighted by atomic mass is 10.0. The van der Waals surface area contributed by atoms with Crippen molar-refractivity contribution in [1.29, 1.82) is 0 Å². The highest BCUT2D eigenvalue weighted by atomic mass is 16.5. The van der Waals surface area contributed by atoms with Crippen molar-refractivity contribution in [2.45, 2.75) is 25.4 Å². The normalized spacial score (nSPS) is 16.6. The molecule has 2 aromatic heterocycles. The Bertz CT molecular complexity index is 981. The number of aromatic amines is 1. The third kappa shape index (κ3) is 4.35. The van der Waals surface area contributed by atoms with Crippen molar-refractivity contribution < 1.29 is 4.74 Å². The van der Waals surface area contributed by atoms with Crippen LogP contribution in [0.5, 0.6) is 0 Å². The van der Waals surface area contributed by atoms with Gasteiger partial charge in [-0.15, -0.1) is 0 Å². The number of hydrogen-bond donors (Lipinski definition) is 1. The average Bonchev–Trinajstić information content (AvgIpc) is 3.23. The minimum absolute atomic E-state index is 0.122. The fourth-order valence-corrected chi connectivity index (χ4v) is 3.58. The summed E-state index contributed by atoms with van der Waals surface area (Å²) < 4.78 is 5.47. The molecule has 1 N–H and O–H groups in total. The van der Waals surface area contributed by atoms with Crippen LogP contribution in [0.4, 0.5) is 0 Å². The summed E-state index contributed by atoms with van der Waals surface area (Å²) >= 11 is 0. The molecule has 6 heteroatoms. The fourth-order valence-electron chi connectivity index (χ4n) is 3.58. The molecule has 3 aromatic rings. The van der Waals surface area contributed by atoms with E-state index in [0.717, 1.165) is 48.6 Å². The summed E-state index contributed by atoms with van der Waals surface area (Å²) in [7, 11) is 2.06. The Balaban J connectivity index is 1.60. The Morgan fingerprint density at radius 3 is 2.82 bits per heavy atom. The van der Waals surface area contributed by atoms with Crippen LogP contribution in [0.2, 0.25) is 0 Å². The molecule has 28 heavy (non-hydrogen) atoms. The van der Waals surface area contributed by atoms with Gasteiger partial charge in [-0.3, -0.25) is 14.7 Å². The first-order valence-corrected chi connectivity index (χ1v) is 9.55. The topological polar surface area (TPSA) is 71.1 Å². The molecule has 4 rings (SSSR count). The van der Waals surface area contributed by atoms with Gasteiger partial charge in [-0.2, -0.15) is 0 Å². The van der Waals surface area contributed by atoms with Crippen LogP contribution in [-0.2, 0) is 17.8 Å². The number of aromatic nitrogens is 3. The fraction of sp³-hybridized carbons (Fsp3) is 0.318. The van der Waals surface area contributed by atoms with Crippen LogP contribution in [-0.4, -0.2) is 40.1 Å². The van der Waals surface area contributed by atoms with Gasteiger partial charge in [0.25, 0.3) is 5.56 Å². The van der Waals surface area contributed by atoms with Gasteiger partial charge in [-0.25, -0.2) is 4.98 Å². The molecule has 0 bridgehead atoms. The third-order valence-corrected chi connectivity index (χ3v) is 4.98. The van der Waals surface area contributed by atoms with E-state index in [-0.39, 0.29) is 11.5 Å². The molecule has 1 fully saturated rings. The highest BCUT2D eigenvalue weighted by Crippen LogP contribution is 2.26. The first-order chi connectivity index (χ1) is 13.7. The molecular formula is C22H24N4O2. The van der Waals surface area contributed by atoms with E-state index < -0.39 is 0 Å². The van der Waals surface area contributed by atoms with E-state index in [4.69, 9.17) is 9.72 Å². The molecule has 1 unspecified atom stereocenters. The maximum absolute atomic E-state index is 12.3. The molecule has 0 spiro atoms. The van der Waals surface area contributed by atoms with Crippen molar-refractivity contribution in [3.63, 3.8) is 0 Å². The zero-order valence-corrected chi connectivity index (χ0v) is 16.0. The highest BCUT2D eigenvalue weighted by Gasteiger charge is 2.21. The summed E-state index contributed by atoms with van der Waals surface area (Å²) in [5.41, 5.74) is 3.78. The predicted octanol–water partition coefficient (Wildman–Crippen LogP) is 2.97. The molecule has 6 nitrogen and oxygen atoms in total. The summed E-state index contributed by atoms with van der Waals surface area (Å²) in [6.45, 7) is 2.83. The first-order valence-electron chi connectivity index (χ1n) is 9.55. The summed E-state index contributed by atoms with van der Waals surface area (Å²) in [5, 5.41) is 0. The van der Waals surface area contributed by atoms with Gasteiger partial charge in [0.1, 0.15) is 5.82 Å². The lowest BCUT2D eigenvalue weighted by molar-refractivity contribution is 0.193. The largest absolute Gasteiger partial charge is 0.381 e. The standard InChI is InChI=1S/C22H24N4O2/c1-26(14-18-7-4-5-10-23-18)13-16-6-2-3-8-19(16)22-24-20(12-21(27)25-22)17-9-11-28-15-17/h2-8,10,12,17H,9,11,13-15H2,1H3,(H,24,25,27). The van der Waals surface area contributed by atoms with Gasteiger partial charge in [-0.1, -0.05) is 30.3 Å². The van der Waals surface area contributed by atoms with Gasteiger partial charge >= 0.3 is 0 Å². The van der Waals surface area contributed by atoms with E-state index >= 15 is 0 Å². The Labute approximate surface area is 164 Å². The Kier molecular flexibility index (Phi) is 5.60. The van der Waals surface area contributed by atoms with E-state index in [1.54, 1.807) is 6.07 Å². The molecule has 144 valence electrons. The molecule has 3 heterocycles. The number of rotatable bonds is 6. The van der Waals surface area contributed by atoms with Gasteiger partial charge in [0, 0.05) is 43.4 Å². The molecule has 0 aliphatic carbocycles. The zero-order valence-electron chi connectivity index (χ0n) is 16.0. The van der Waals surface area contributed by atoms with Crippen LogP contribution in [0.25, 0.3) is 11.4 Å². The number of nitrogens with zero attached hydrogens (tertiary/aromatic N) is 3. The number of pyridine rings is 1. The van der Waals surface area contributed by atoms with Crippen molar-refractivity contribution in [2.24, 2.45) is 0 Å². The van der Waals surface area contributed by atoms with Crippen molar-refractivity contribution in [3.05, 3.63) is 82.0 Å². The number of nitrogens with one attached hydrogen (secondary N) is 1. The van der Waals surface area contributed by atoms with Gasteiger partial charge < -0.3 is 9.72 Å². The Hall–Kier alpha value is -2.83. The molecule has 1 atom stereocenters. The molecular weight excluding hydrogens is 352 g/mol. The second kappa shape index (κ2) is 8.46. The lowest BCUT2D eigenvalue weighted by Gasteiger charge is -2.18. The maximum Gasteiger partial charge on any atom is 0.251 e. The number of H-pyrrole nitrogens is 1. The SMILES string of the molecule is CN(Cc1ccccn1)Cc1ccccc1-c1nc(C2CCOC2)cc(=O)[nH]1. The zero-order chi connectivity index (χ0) is 19.3. The second-order valence-corrected chi connectivity index (χ2v) is 7.23. The number of benzene rings is 1. The van der Waals surface area contributed by atoms with Crippen LogP contribution >= 0.6 is 0 Å². The highest BCUT2D eigenvalue weighted by molar-refractivity contribution is 5.60. The first kappa shape index (κ1) is 18.5.